The number of imidazole rings is 1. The van der Waals surface area contributed by atoms with Crippen molar-refractivity contribution in [3.05, 3.63) is 64.5 Å². The second kappa shape index (κ2) is 6.33. The van der Waals surface area contributed by atoms with E-state index in [1.54, 1.807) is 18.2 Å². The molecule has 0 fully saturated rings. The zero-order valence-corrected chi connectivity index (χ0v) is 13.4. The minimum absolute atomic E-state index is 0.0630. The number of hydrogen-bond acceptors (Lipinski definition) is 3. The molecule has 1 N–H and O–H groups in total. The molecule has 4 nitrogen and oxygen atoms in total. The van der Waals surface area contributed by atoms with Crippen LogP contribution in [0.4, 0.5) is 24.8 Å². The van der Waals surface area contributed by atoms with Crippen LogP contribution in [0.5, 0.6) is 0 Å². The molecule has 0 unspecified atom stereocenters. The van der Waals surface area contributed by atoms with Gasteiger partial charge in [-0.05, 0) is 24.3 Å². The van der Waals surface area contributed by atoms with Crippen molar-refractivity contribution in [2.24, 2.45) is 0 Å². The summed E-state index contributed by atoms with van der Waals surface area (Å²) in [7, 11) is 0. The molecule has 0 atom stereocenters. The normalized spacial score (nSPS) is 11.5. The van der Waals surface area contributed by atoms with Gasteiger partial charge >= 0.3 is 6.18 Å². The predicted octanol–water partition coefficient (Wildman–Crippen LogP) is 5.34. The lowest BCUT2D eigenvalue weighted by atomic mass is 10.2. The molecule has 124 valence electrons. The average molecular weight is 373 g/mol. The van der Waals surface area contributed by atoms with Gasteiger partial charge in [-0.2, -0.15) is 13.2 Å². The van der Waals surface area contributed by atoms with Gasteiger partial charge in [0.1, 0.15) is 5.82 Å². The highest BCUT2D eigenvalue weighted by atomic mass is 35.5. The summed E-state index contributed by atoms with van der Waals surface area (Å²) in [6.07, 6.45) is -0.465. The SMILES string of the molecule is FC(F)(F)c1ccnc(-n2ccnc2Nc2c(Cl)cccc2Cl)c1. The van der Waals surface area contributed by atoms with E-state index in [2.05, 4.69) is 15.3 Å². The number of nitrogens with one attached hydrogen (secondary N) is 1. The fourth-order valence-corrected chi connectivity index (χ4v) is 2.53. The van der Waals surface area contributed by atoms with Crippen molar-refractivity contribution < 1.29 is 13.2 Å². The third kappa shape index (κ3) is 3.32. The van der Waals surface area contributed by atoms with Crippen LogP contribution < -0.4 is 5.32 Å². The maximum Gasteiger partial charge on any atom is 0.416 e. The van der Waals surface area contributed by atoms with E-state index >= 15 is 0 Å². The monoisotopic (exact) mass is 372 g/mol. The number of aromatic nitrogens is 3. The quantitative estimate of drug-likeness (QED) is 0.674. The first kappa shape index (κ1) is 16.6. The van der Waals surface area contributed by atoms with Gasteiger partial charge in [-0.1, -0.05) is 29.3 Å². The van der Waals surface area contributed by atoms with Gasteiger partial charge in [-0.15, -0.1) is 0 Å². The van der Waals surface area contributed by atoms with Crippen molar-refractivity contribution in [1.82, 2.24) is 14.5 Å². The Balaban J connectivity index is 2.00. The zero-order valence-electron chi connectivity index (χ0n) is 11.9. The third-order valence-electron chi connectivity index (χ3n) is 3.16. The molecule has 0 spiro atoms. The van der Waals surface area contributed by atoms with E-state index < -0.39 is 11.7 Å². The molecule has 3 rings (SSSR count). The number of hydrogen-bond donors (Lipinski definition) is 1. The fraction of sp³-hybridized carbons (Fsp3) is 0.0667. The van der Waals surface area contributed by atoms with Gasteiger partial charge in [-0.25, -0.2) is 9.97 Å². The summed E-state index contributed by atoms with van der Waals surface area (Å²) in [5, 5.41) is 3.62. The molecule has 0 amide bonds. The van der Waals surface area contributed by atoms with Crippen LogP contribution in [0.2, 0.25) is 10.0 Å². The second-order valence-corrected chi connectivity index (χ2v) is 5.56. The molecule has 0 radical (unpaired) electrons. The lowest BCUT2D eigenvalue weighted by Crippen LogP contribution is -2.08. The first-order valence-electron chi connectivity index (χ1n) is 6.64. The smallest absolute Gasteiger partial charge is 0.323 e. The Labute approximate surface area is 144 Å². The number of para-hydroxylation sites is 1. The summed E-state index contributed by atoms with van der Waals surface area (Å²) in [6, 6.07) is 6.77. The topological polar surface area (TPSA) is 42.7 Å². The summed E-state index contributed by atoms with van der Waals surface area (Å²) >= 11 is 12.2. The summed E-state index contributed by atoms with van der Waals surface area (Å²) in [4.78, 5) is 8.03. The second-order valence-electron chi connectivity index (χ2n) is 4.74. The molecule has 0 aliphatic heterocycles. The number of benzene rings is 1. The first-order valence-corrected chi connectivity index (χ1v) is 7.40. The molecular formula is C15H9Cl2F3N4. The molecule has 1 aromatic carbocycles. The van der Waals surface area contributed by atoms with Crippen LogP contribution in [-0.2, 0) is 6.18 Å². The maximum atomic E-state index is 12.9. The molecule has 0 aliphatic carbocycles. The van der Waals surface area contributed by atoms with Crippen molar-refractivity contribution in [3.8, 4) is 5.82 Å². The molecule has 2 heterocycles. The number of pyridine rings is 1. The van der Waals surface area contributed by atoms with Gasteiger partial charge < -0.3 is 5.32 Å². The summed E-state index contributed by atoms with van der Waals surface area (Å²) < 4.78 is 39.9. The highest BCUT2D eigenvalue weighted by Gasteiger charge is 2.31. The Morgan fingerprint density at radius 1 is 1.00 bits per heavy atom. The number of rotatable bonds is 3. The van der Waals surface area contributed by atoms with Crippen molar-refractivity contribution in [2.75, 3.05) is 5.32 Å². The van der Waals surface area contributed by atoms with E-state index in [1.165, 1.54) is 17.0 Å². The summed E-state index contributed by atoms with van der Waals surface area (Å²) in [6.45, 7) is 0. The van der Waals surface area contributed by atoms with E-state index in [1.807, 2.05) is 0 Å². The molecule has 0 aliphatic rings. The van der Waals surface area contributed by atoms with E-state index in [9.17, 15) is 13.2 Å². The summed E-state index contributed by atoms with van der Waals surface area (Å²) in [5.74, 6) is 0.296. The van der Waals surface area contributed by atoms with Gasteiger partial charge in [0, 0.05) is 18.6 Å². The number of nitrogens with zero attached hydrogens (tertiary/aromatic N) is 3. The van der Waals surface area contributed by atoms with Gasteiger partial charge in [0.25, 0.3) is 0 Å². The largest absolute Gasteiger partial charge is 0.416 e. The maximum absolute atomic E-state index is 12.9. The van der Waals surface area contributed by atoms with Gasteiger partial charge in [0.2, 0.25) is 5.95 Å². The highest BCUT2D eigenvalue weighted by Crippen LogP contribution is 2.33. The van der Waals surface area contributed by atoms with Gasteiger partial charge in [-0.3, -0.25) is 4.57 Å². The molecule has 0 bridgehead atoms. The van der Waals surface area contributed by atoms with E-state index in [0.29, 0.717) is 15.7 Å². The Bertz CT molecular complexity index is 857. The molecule has 0 saturated carbocycles. The van der Waals surface area contributed by atoms with Crippen molar-refractivity contribution in [3.63, 3.8) is 0 Å². The van der Waals surface area contributed by atoms with E-state index in [-0.39, 0.29) is 11.8 Å². The molecular weight excluding hydrogens is 364 g/mol. The minimum atomic E-state index is -4.46. The van der Waals surface area contributed by atoms with Crippen LogP contribution in [-0.4, -0.2) is 14.5 Å². The van der Waals surface area contributed by atoms with Crippen LogP contribution >= 0.6 is 23.2 Å². The molecule has 24 heavy (non-hydrogen) atoms. The zero-order chi connectivity index (χ0) is 17.3. The van der Waals surface area contributed by atoms with Crippen LogP contribution in [0.3, 0.4) is 0 Å². The van der Waals surface area contributed by atoms with Gasteiger partial charge in [0.15, 0.2) is 0 Å². The predicted molar refractivity (Wildman–Crippen MR) is 86.1 cm³/mol. The Kier molecular flexibility index (Phi) is 4.38. The lowest BCUT2D eigenvalue weighted by molar-refractivity contribution is -0.137. The Morgan fingerprint density at radius 2 is 1.71 bits per heavy atom. The highest BCUT2D eigenvalue weighted by molar-refractivity contribution is 6.39. The van der Waals surface area contributed by atoms with Crippen LogP contribution in [0.25, 0.3) is 5.82 Å². The van der Waals surface area contributed by atoms with Crippen molar-refractivity contribution in [2.45, 2.75) is 6.18 Å². The van der Waals surface area contributed by atoms with Crippen LogP contribution in [0, 0.1) is 0 Å². The Morgan fingerprint density at radius 3 is 2.38 bits per heavy atom. The molecule has 9 heteroatoms. The number of alkyl halides is 3. The number of halogens is 5. The van der Waals surface area contributed by atoms with E-state index in [4.69, 9.17) is 23.2 Å². The van der Waals surface area contributed by atoms with Crippen LogP contribution in [0.1, 0.15) is 5.56 Å². The molecule has 3 aromatic rings. The summed E-state index contributed by atoms with van der Waals surface area (Å²) in [5.41, 5.74) is -0.400. The first-order chi connectivity index (χ1) is 11.4. The standard InChI is InChI=1S/C15H9Cl2F3N4/c16-10-2-1-3-11(17)13(10)23-14-22-6-7-24(14)12-8-9(4-5-21-12)15(18,19)20/h1-8H,(H,22,23). The van der Waals surface area contributed by atoms with Crippen molar-refractivity contribution >= 4 is 34.8 Å². The minimum Gasteiger partial charge on any atom is -0.323 e. The third-order valence-corrected chi connectivity index (χ3v) is 3.79. The van der Waals surface area contributed by atoms with E-state index in [0.717, 1.165) is 18.3 Å². The average Bonchev–Trinajstić information content (AvgIpc) is 2.99. The lowest BCUT2D eigenvalue weighted by Gasteiger charge is -2.13. The van der Waals surface area contributed by atoms with Gasteiger partial charge in [0.05, 0.1) is 21.3 Å². The van der Waals surface area contributed by atoms with Crippen molar-refractivity contribution in [1.29, 1.82) is 0 Å². The fourth-order valence-electron chi connectivity index (χ4n) is 2.04. The number of anilines is 2. The molecule has 0 saturated heterocycles. The Hall–Kier alpha value is -2.25. The molecule has 2 aromatic heterocycles. The van der Waals surface area contributed by atoms with Crippen LogP contribution in [0.15, 0.2) is 48.9 Å².